The minimum absolute atomic E-state index is 0.0711. The maximum absolute atomic E-state index is 5.25. The molecule has 0 amide bonds. The van der Waals surface area contributed by atoms with E-state index in [0.29, 0.717) is 6.61 Å². The summed E-state index contributed by atoms with van der Waals surface area (Å²) in [6.07, 6.45) is 0. The van der Waals surface area contributed by atoms with Gasteiger partial charge in [-0.2, -0.15) is 0 Å². The van der Waals surface area contributed by atoms with Crippen LogP contribution in [-0.4, -0.2) is 18.6 Å². The van der Waals surface area contributed by atoms with Crippen molar-refractivity contribution in [2.24, 2.45) is 0 Å². The Morgan fingerprint density at radius 2 is 2.00 bits per heavy atom. The highest BCUT2D eigenvalue weighted by atomic mass is 16.5. The Morgan fingerprint density at radius 1 is 1.25 bits per heavy atom. The van der Waals surface area contributed by atoms with Gasteiger partial charge in [0.2, 0.25) is 0 Å². The summed E-state index contributed by atoms with van der Waals surface area (Å²) < 4.78 is 5.25. The summed E-state index contributed by atoms with van der Waals surface area (Å²) in [6, 6.07) is 8.50. The van der Waals surface area contributed by atoms with Gasteiger partial charge in [0, 0.05) is 24.7 Å². The number of pyridine rings is 1. The molecule has 0 saturated heterocycles. The Labute approximate surface area is 121 Å². The van der Waals surface area contributed by atoms with Crippen LogP contribution in [0.4, 0.5) is 5.69 Å². The van der Waals surface area contributed by atoms with Gasteiger partial charge in [-0.25, -0.2) is 4.98 Å². The highest BCUT2D eigenvalue weighted by Gasteiger charge is 2.19. The van der Waals surface area contributed by atoms with Crippen molar-refractivity contribution in [1.29, 1.82) is 0 Å². The van der Waals surface area contributed by atoms with Crippen LogP contribution in [0.3, 0.4) is 0 Å². The highest BCUT2D eigenvalue weighted by molar-refractivity contribution is 5.94. The maximum Gasteiger partial charge on any atom is 0.0885 e. The van der Waals surface area contributed by atoms with Crippen LogP contribution in [0.15, 0.2) is 24.3 Å². The monoisotopic (exact) mass is 272 g/mol. The summed E-state index contributed by atoms with van der Waals surface area (Å²) in [6.45, 7) is 10.2. The summed E-state index contributed by atoms with van der Waals surface area (Å²) in [5.41, 5.74) is 4.52. The molecule has 0 atom stereocenters. The van der Waals surface area contributed by atoms with E-state index < -0.39 is 0 Å². The fourth-order valence-corrected chi connectivity index (χ4v) is 2.47. The van der Waals surface area contributed by atoms with Crippen LogP contribution in [-0.2, 0) is 16.8 Å². The summed E-state index contributed by atoms with van der Waals surface area (Å²) in [5.74, 6) is 0. The van der Waals surface area contributed by atoms with Gasteiger partial charge in [0.25, 0.3) is 0 Å². The van der Waals surface area contributed by atoms with Crippen molar-refractivity contribution < 1.29 is 4.74 Å². The van der Waals surface area contributed by atoms with E-state index in [2.05, 4.69) is 57.3 Å². The quantitative estimate of drug-likeness (QED) is 0.909. The molecule has 2 rings (SSSR count). The second kappa shape index (κ2) is 5.80. The molecule has 108 valence electrons. The van der Waals surface area contributed by atoms with Gasteiger partial charge in [-0.1, -0.05) is 39.0 Å². The molecular weight excluding hydrogens is 248 g/mol. The van der Waals surface area contributed by atoms with E-state index >= 15 is 0 Å². The van der Waals surface area contributed by atoms with E-state index in [1.165, 1.54) is 10.9 Å². The van der Waals surface area contributed by atoms with Crippen molar-refractivity contribution in [3.05, 3.63) is 35.5 Å². The molecule has 0 unspecified atom stereocenters. The molecule has 3 nitrogen and oxygen atoms in total. The Balaban J connectivity index is 2.72. The number of ether oxygens (including phenoxy) is 1. The van der Waals surface area contributed by atoms with E-state index in [9.17, 15) is 0 Å². The first-order valence-electron chi connectivity index (χ1n) is 7.13. The smallest absolute Gasteiger partial charge is 0.0885 e. The number of anilines is 1. The third kappa shape index (κ3) is 2.93. The third-order valence-corrected chi connectivity index (χ3v) is 3.36. The summed E-state index contributed by atoms with van der Waals surface area (Å²) >= 11 is 0. The summed E-state index contributed by atoms with van der Waals surface area (Å²) in [4.78, 5) is 4.81. The van der Waals surface area contributed by atoms with E-state index in [-0.39, 0.29) is 5.41 Å². The lowest BCUT2D eigenvalue weighted by atomic mass is 9.85. The average molecular weight is 272 g/mol. The molecule has 0 spiro atoms. The Kier molecular flexibility index (Phi) is 4.29. The number of nitrogens with one attached hydrogen (secondary N) is 1. The van der Waals surface area contributed by atoms with Crippen molar-refractivity contribution in [2.45, 2.75) is 39.7 Å². The number of fused-ring (bicyclic) bond motifs is 1. The van der Waals surface area contributed by atoms with Gasteiger partial charge in [0.05, 0.1) is 17.8 Å². The maximum atomic E-state index is 5.25. The van der Waals surface area contributed by atoms with Crippen molar-refractivity contribution in [2.75, 3.05) is 19.0 Å². The molecule has 0 saturated carbocycles. The minimum atomic E-state index is 0.0711. The Morgan fingerprint density at radius 3 is 2.60 bits per heavy atom. The largest absolute Gasteiger partial charge is 0.385 e. The number of rotatable bonds is 4. The van der Waals surface area contributed by atoms with Gasteiger partial charge in [-0.15, -0.1) is 0 Å². The zero-order chi connectivity index (χ0) is 14.8. The van der Waals surface area contributed by atoms with Gasteiger partial charge >= 0.3 is 0 Å². The Bertz CT molecular complexity index is 600. The molecule has 0 bridgehead atoms. The van der Waals surface area contributed by atoms with Crippen LogP contribution < -0.4 is 5.32 Å². The summed E-state index contributed by atoms with van der Waals surface area (Å²) in [7, 11) is 1.70. The van der Waals surface area contributed by atoms with Gasteiger partial charge in [0.15, 0.2) is 0 Å². The van der Waals surface area contributed by atoms with Crippen molar-refractivity contribution >= 4 is 16.6 Å². The van der Waals surface area contributed by atoms with Crippen molar-refractivity contribution in [1.82, 2.24) is 4.98 Å². The molecule has 0 aliphatic rings. The molecule has 0 fully saturated rings. The molecular formula is C17H24N2O. The molecule has 0 aliphatic carbocycles. The van der Waals surface area contributed by atoms with E-state index in [1.54, 1.807) is 7.11 Å². The zero-order valence-electron chi connectivity index (χ0n) is 13.1. The molecule has 1 aromatic carbocycles. The molecule has 1 aromatic heterocycles. The van der Waals surface area contributed by atoms with E-state index in [1.807, 2.05) is 0 Å². The topological polar surface area (TPSA) is 34.1 Å². The Hall–Kier alpha value is -1.61. The number of benzene rings is 1. The first-order valence-corrected chi connectivity index (χ1v) is 7.13. The normalized spacial score (nSPS) is 11.8. The van der Waals surface area contributed by atoms with Crippen molar-refractivity contribution in [3.63, 3.8) is 0 Å². The fraction of sp³-hybridized carbons (Fsp3) is 0.471. The number of methoxy groups -OCH3 is 1. The van der Waals surface area contributed by atoms with Gasteiger partial charge in [-0.3, -0.25) is 0 Å². The molecule has 3 heteroatoms. The van der Waals surface area contributed by atoms with Crippen LogP contribution in [0.1, 0.15) is 39.0 Å². The molecule has 20 heavy (non-hydrogen) atoms. The first-order chi connectivity index (χ1) is 9.47. The lowest BCUT2D eigenvalue weighted by Gasteiger charge is -2.22. The van der Waals surface area contributed by atoms with Crippen LogP contribution in [0.25, 0.3) is 10.9 Å². The zero-order valence-corrected chi connectivity index (χ0v) is 13.1. The number of nitrogens with zero attached hydrogens (tertiary/aromatic N) is 1. The molecule has 1 heterocycles. The van der Waals surface area contributed by atoms with Gasteiger partial charge in [-0.05, 0) is 24.0 Å². The van der Waals surface area contributed by atoms with E-state index in [4.69, 9.17) is 9.72 Å². The number of aromatic nitrogens is 1. The van der Waals surface area contributed by atoms with Crippen LogP contribution >= 0.6 is 0 Å². The van der Waals surface area contributed by atoms with Crippen LogP contribution in [0, 0.1) is 0 Å². The SMILES string of the molecule is CCNc1cc(COC)nc2c(C(C)(C)C)cccc12. The highest BCUT2D eigenvalue weighted by Crippen LogP contribution is 2.32. The molecule has 0 aliphatic heterocycles. The van der Waals surface area contributed by atoms with Crippen LogP contribution in [0.5, 0.6) is 0 Å². The third-order valence-electron chi connectivity index (χ3n) is 3.36. The second-order valence-electron chi connectivity index (χ2n) is 6.08. The molecule has 0 radical (unpaired) electrons. The lowest BCUT2D eigenvalue weighted by Crippen LogP contribution is -2.13. The number of para-hydroxylation sites is 1. The molecule has 2 aromatic rings. The van der Waals surface area contributed by atoms with E-state index in [0.717, 1.165) is 23.4 Å². The number of hydrogen-bond donors (Lipinski definition) is 1. The minimum Gasteiger partial charge on any atom is -0.385 e. The van der Waals surface area contributed by atoms with Crippen LogP contribution in [0.2, 0.25) is 0 Å². The predicted octanol–water partition coefficient (Wildman–Crippen LogP) is 4.11. The predicted molar refractivity (Wildman–Crippen MR) is 85.3 cm³/mol. The fourth-order valence-electron chi connectivity index (χ4n) is 2.47. The lowest BCUT2D eigenvalue weighted by molar-refractivity contribution is 0.182. The van der Waals surface area contributed by atoms with Gasteiger partial charge in [0.1, 0.15) is 0 Å². The number of hydrogen-bond acceptors (Lipinski definition) is 3. The average Bonchev–Trinajstić information content (AvgIpc) is 2.37. The molecule has 1 N–H and O–H groups in total. The van der Waals surface area contributed by atoms with Gasteiger partial charge < -0.3 is 10.1 Å². The first kappa shape index (κ1) is 14.8. The van der Waals surface area contributed by atoms with Crippen molar-refractivity contribution in [3.8, 4) is 0 Å². The standard InChI is InChI=1S/C17H24N2O/c1-6-18-15-10-12(11-20-5)19-16-13(15)8-7-9-14(16)17(2,3)4/h7-10H,6,11H2,1-5H3,(H,18,19). The summed E-state index contributed by atoms with van der Waals surface area (Å²) in [5, 5.41) is 4.61. The second-order valence-corrected chi connectivity index (χ2v) is 6.08.